The van der Waals surface area contributed by atoms with Gasteiger partial charge in [0.1, 0.15) is 11.0 Å². The van der Waals surface area contributed by atoms with Crippen LogP contribution in [-0.4, -0.2) is 0 Å². The number of hydrogen-bond donors (Lipinski definition) is 0. The number of fused-ring (bicyclic) bond motifs is 2. The maximum atomic E-state index is 6.18. The first kappa shape index (κ1) is 19.8. The minimum Gasteiger partial charge on any atom is -0.456 e. The van der Waals surface area contributed by atoms with Gasteiger partial charge in [-0.3, -0.25) is 0 Å². The highest BCUT2D eigenvalue weighted by Crippen LogP contribution is 2.24. The Labute approximate surface area is 157 Å². The van der Waals surface area contributed by atoms with Gasteiger partial charge < -0.3 is 4.42 Å². The molecular formula is C25H30O. The van der Waals surface area contributed by atoms with Gasteiger partial charge in [0.25, 0.3) is 0 Å². The lowest BCUT2D eigenvalue weighted by Crippen LogP contribution is -2.21. The SMILES string of the molecule is C=CC/C=c1\c(=C/C(C)C=C)oc2cc3c(cc12)C=CC(C)C=C3.CC. The van der Waals surface area contributed by atoms with Crippen LogP contribution in [0.25, 0.3) is 35.3 Å². The van der Waals surface area contributed by atoms with Crippen molar-refractivity contribution < 1.29 is 4.42 Å². The molecule has 1 aromatic carbocycles. The van der Waals surface area contributed by atoms with E-state index in [9.17, 15) is 0 Å². The van der Waals surface area contributed by atoms with Crippen molar-refractivity contribution in [2.24, 2.45) is 11.8 Å². The van der Waals surface area contributed by atoms with Crippen molar-refractivity contribution >= 4 is 35.3 Å². The highest BCUT2D eigenvalue weighted by Gasteiger charge is 2.09. The fourth-order valence-corrected chi connectivity index (χ4v) is 2.92. The predicted molar refractivity (Wildman–Crippen MR) is 117 cm³/mol. The van der Waals surface area contributed by atoms with Crippen molar-refractivity contribution in [3.05, 3.63) is 71.4 Å². The van der Waals surface area contributed by atoms with Gasteiger partial charge in [-0.15, -0.1) is 13.2 Å². The molecule has 0 saturated heterocycles. The van der Waals surface area contributed by atoms with Crippen molar-refractivity contribution in [2.45, 2.75) is 34.1 Å². The third kappa shape index (κ3) is 4.35. The van der Waals surface area contributed by atoms with Crippen LogP contribution in [0.1, 0.15) is 45.2 Å². The maximum absolute atomic E-state index is 6.18. The van der Waals surface area contributed by atoms with Crippen molar-refractivity contribution in [1.82, 2.24) is 0 Å². The minimum absolute atomic E-state index is 0.264. The van der Waals surface area contributed by atoms with Crippen molar-refractivity contribution in [2.75, 3.05) is 0 Å². The van der Waals surface area contributed by atoms with E-state index in [0.29, 0.717) is 5.92 Å². The Morgan fingerprint density at radius 3 is 2.38 bits per heavy atom. The van der Waals surface area contributed by atoms with Gasteiger partial charge >= 0.3 is 0 Å². The van der Waals surface area contributed by atoms with Crippen LogP contribution in [0.5, 0.6) is 0 Å². The molecule has 1 aliphatic carbocycles. The number of allylic oxidation sites excluding steroid dienone is 4. The van der Waals surface area contributed by atoms with E-state index in [1.54, 1.807) is 0 Å². The minimum atomic E-state index is 0.264. The van der Waals surface area contributed by atoms with Crippen LogP contribution in [0.15, 0.2) is 54.0 Å². The standard InChI is InChI=1S/C23H24O.C2H6/c1-5-7-8-20-21-14-18-11-9-17(4)10-12-19(18)15-23(21)24-22(20)13-16(3)6-2;1-2/h5-6,8-17H,1-2,7H2,3-4H3;1-2H3/b20-8-,22-13+;. The molecule has 1 nitrogen and oxygen atoms in total. The van der Waals surface area contributed by atoms with E-state index in [-0.39, 0.29) is 5.92 Å². The molecular weight excluding hydrogens is 316 g/mol. The van der Waals surface area contributed by atoms with E-state index >= 15 is 0 Å². The molecule has 2 aromatic rings. The van der Waals surface area contributed by atoms with Crippen molar-refractivity contribution in [1.29, 1.82) is 0 Å². The zero-order valence-corrected chi connectivity index (χ0v) is 16.5. The van der Waals surface area contributed by atoms with E-state index in [4.69, 9.17) is 4.42 Å². The number of furan rings is 1. The lowest BCUT2D eigenvalue weighted by atomic mass is 10.0. The summed E-state index contributed by atoms with van der Waals surface area (Å²) in [6.45, 7) is 16.0. The Morgan fingerprint density at radius 1 is 1.12 bits per heavy atom. The van der Waals surface area contributed by atoms with Gasteiger partial charge in [-0.25, -0.2) is 0 Å². The van der Waals surface area contributed by atoms with Gasteiger partial charge in [-0.2, -0.15) is 0 Å². The van der Waals surface area contributed by atoms with Crippen molar-refractivity contribution in [3.63, 3.8) is 0 Å². The summed E-state index contributed by atoms with van der Waals surface area (Å²) < 4.78 is 6.18. The summed E-state index contributed by atoms with van der Waals surface area (Å²) in [6, 6.07) is 4.38. The monoisotopic (exact) mass is 346 g/mol. The van der Waals surface area contributed by atoms with Crippen LogP contribution < -0.4 is 10.6 Å². The average Bonchev–Trinajstić information content (AvgIpc) is 2.87. The molecule has 0 fully saturated rings. The smallest absolute Gasteiger partial charge is 0.136 e. The molecule has 0 spiro atoms. The third-order valence-electron chi connectivity index (χ3n) is 4.39. The third-order valence-corrected chi connectivity index (χ3v) is 4.39. The molecule has 1 aromatic heterocycles. The predicted octanol–water partition coefficient (Wildman–Crippen LogP) is 6.09. The molecule has 26 heavy (non-hydrogen) atoms. The second kappa shape index (κ2) is 9.24. The van der Waals surface area contributed by atoms with Crippen LogP contribution in [-0.2, 0) is 0 Å². The zero-order valence-electron chi connectivity index (χ0n) is 16.5. The first-order valence-corrected chi connectivity index (χ1v) is 9.51. The molecule has 0 N–H and O–H groups in total. The average molecular weight is 347 g/mol. The summed E-state index contributed by atoms with van der Waals surface area (Å²) in [5.41, 5.74) is 4.29. The van der Waals surface area contributed by atoms with Crippen LogP contribution in [0.2, 0.25) is 0 Å². The van der Waals surface area contributed by atoms with E-state index in [0.717, 1.165) is 28.0 Å². The Hall–Kier alpha value is -2.54. The lowest BCUT2D eigenvalue weighted by Gasteiger charge is -2.00. The summed E-state index contributed by atoms with van der Waals surface area (Å²) in [5.74, 6) is 0.716. The van der Waals surface area contributed by atoms with Crippen LogP contribution in [0, 0.1) is 11.8 Å². The maximum Gasteiger partial charge on any atom is 0.136 e. The highest BCUT2D eigenvalue weighted by atomic mass is 16.3. The summed E-state index contributed by atoms with van der Waals surface area (Å²) in [7, 11) is 0. The number of benzene rings is 1. The van der Waals surface area contributed by atoms with Crippen LogP contribution in [0.4, 0.5) is 0 Å². The van der Waals surface area contributed by atoms with E-state index < -0.39 is 0 Å². The molecule has 0 bridgehead atoms. The molecule has 0 amide bonds. The molecule has 1 heterocycles. The largest absolute Gasteiger partial charge is 0.456 e. The second-order valence-corrected chi connectivity index (χ2v) is 6.42. The number of hydrogen-bond acceptors (Lipinski definition) is 1. The Bertz CT molecular complexity index is 950. The van der Waals surface area contributed by atoms with E-state index in [1.165, 1.54) is 11.1 Å². The van der Waals surface area contributed by atoms with Gasteiger partial charge in [0, 0.05) is 10.6 Å². The van der Waals surface area contributed by atoms with Gasteiger partial charge in [0.05, 0.1) is 0 Å². The highest BCUT2D eigenvalue weighted by molar-refractivity contribution is 5.86. The summed E-state index contributed by atoms with van der Waals surface area (Å²) >= 11 is 0. The Morgan fingerprint density at radius 2 is 1.77 bits per heavy atom. The molecule has 2 atom stereocenters. The fraction of sp³-hybridized carbons (Fsp3) is 0.280. The van der Waals surface area contributed by atoms with Crippen molar-refractivity contribution in [3.8, 4) is 0 Å². The van der Waals surface area contributed by atoms with Gasteiger partial charge in [0.15, 0.2) is 0 Å². The summed E-state index contributed by atoms with van der Waals surface area (Å²) in [5, 5.41) is 2.31. The van der Waals surface area contributed by atoms with Gasteiger partial charge in [0.2, 0.25) is 0 Å². The number of rotatable bonds is 4. The molecule has 0 radical (unpaired) electrons. The molecule has 1 heteroatoms. The quantitative estimate of drug-likeness (QED) is 0.610. The molecule has 0 saturated carbocycles. The van der Waals surface area contributed by atoms with Gasteiger partial charge in [-0.1, -0.05) is 70.2 Å². The first-order valence-electron chi connectivity index (χ1n) is 9.51. The zero-order chi connectivity index (χ0) is 19.1. The Kier molecular flexibility index (Phi) is 7.03. The molecule has 1 aliphatic rings. The fourth-order valence-electron chi connectivity index (χ4n) is 2.92. The second-order valence-electron chi connectivity index (χ2n) is 6.42. The Balaban J connectivity index is 0.00000117. The molecule has 136 valence electrons. The van der Waals surface area contributed by atoms with Crippen LogP contribution >= 0.6 is 0 Å². The van der Waals surface area contributed by atoms with Gasteiger partial charge in [-0.05, 0) is 47.6 Å². The first-order chi connectivity index (χ1) is 12.6. The summed E-state index contributed by atoms with van der Waals surface area (Å²) in [4.78, 5) is 0. The lowest BCUT2D eigenvalue weighted by molar-refractivity contribution is 0.571. The molecule has 3 rings (SSSR count). The van der Waals surface area contributed by atoms with E-state index in [2.05, 4.69) is 75.6 Å². The summed E-state index contributed by atoms with van der Waals surface area (Å²) in [6.07, 6.45) is 17.8. The normalized spacial score (nSPS) is 18.1. The molecule has 2 unspecified atom stereocenters. The molecule has 0 aliphatic heterocycles. The van der Waals surface area contributed by atoms with E-state index in [1.807, 2.05) is 26.0 Å². The van der Waals surface area contributed by atoms with Crippen LogP contribution in [0.3, 0.4) is 0 Å². The topological polar surface area (TPSA) is 13.1 Å².